The molecule has 1 N–H and O–H groups in total. The summed E-state index contributed by atoms with van der Waals surface area (Å²) < 4.78 is 1.89. The quantitative estimate of drug-likeness (QED) is 0.867. The van der Waals surface area contributed by atoms with Gasteiger partial charge >= 0.3 is 0 Å². The lowest BCUT2D eigenvalue weighted by Gasteiger charge is -2.07. The smallest absolute Gasteiger partial charge is 0.0638 e. The zero-order chi connectivity index (χ0) is 9.84. The van der Waals surface area contributed by atoms with Crippen LogP contribution in [0, 0.1) is 0 Å². The minimum atomic E-state index is 0.663. The van der Waals surface area contributed by atoms with Gasteiger partial charge in [0.05, 0.1) is 10.7 Å². The maximum absolute atomic E-state index is 5.95. The fourth-order valence-corrected chi connectivity index (χ4v) is 1.51. The summed E-state index contributed by atoms with van der Waals surface area (Å²) in [4.78, 5) is 0. The van der Waals surface area contributed by atoms with Crippen molar-refractivity contribution in [2.24, 2.45) is 0 Å². The number of rotatable bonds is 3. The van der Waals surface area contributed by atoms with Crippen molar-refractivity contribution in [1.82, 2.24) is 0 Å². The molecule has 0 heterocycles. The lowest BCUT2D eigenvalue weighted by molar-refractivity contribution is 1.32. The summed E-state index contributed by atoms with van der Waals surface area (Å²) in [5.74, 6) is 0. The highest BCUT2D eigenvalue weighted by Crippen LogP contribution is 2.25. The molecular weight excluding hydrogens is 317 g/mol. The zero-order valence-corrected chi connectivity index (χ0v) is 10.7. The van der Waals surface area contributed by atoms with E-state index in [1.54, 1.807) is 0 Å². The van der Waals surface area contributed by atoms with Crippen molar-refractivity contribution in [2.75, 3.05) is 11.9 Å². The number of hydrogen-bond donors (Lipinski definition) is 1. The van der Waals surface area contributed by atoms with E-state index in [2.05, 4.69) is 43.8 Å². The summed E-state index contributed by atoms with van der Waals surface area (Å²) in [7, 11) is 0. The van der Waals surface area contributed by atoms with E-state index >= 15 is 0 Å². The maximum Gasteiger partial charge on any atom is 0.0638 e. The monoisotopic (exact) mass is 323 g/mol. The van der Waals surface area contributed by atoms with E-state index in [1.165, 1.54) is 0 Å². The molecule has 0 spiro atoms. The predicted molar refractivity (Wildman–Crippen MR) is 65.7 cm³/mol. The van der Waals surface area contributed by atoms with Crippen LogP contribution < -0.4 is 5.32 Å². The van der Waals surface area contributed by atoms with Crippen molar-refractivity contribution >= 4 is 49.1 Å². The molecule has 0 aromatic heterocycles. The van der Waals surface area contributed by atoms with Crippen molar-refractivity contribution in [1.29, 1.82) is 0 Å². The summed E-state index contributed by atoms with van der Waals surface area (Å²) >= 11 is 12.6. The third-order valence-corrected chi connectivity index (χ3v) is 2.50. The first kappa shape index (κ1) is 11.1. The Morgan fingerprint density at radius 1 is 1.54 bits per heavy atom. The third-order valence-electron chi connectivity index (χ3n) is 1.40. The molecule has 0 aliphatic carbocycles. The van der Waals surface area contributed by atoms with Crippen molar-refractivity contribution in [2.45, 2.75) is 0 Å². The molecule has 0 amide bonds. The van der Waals surface area contributed by atoms with Gasteiger partial charge in [0.15, 0.2) is 0 Å². The van der Waals surface area contributed by atoms with Gasteiger partial charge in [0.1, 0.15) is 0 Å². The van der Waals surface area contributed by atoms with Crippen LogP contribution in [-0.2, 0) is 0 Å². The minimum Gasteiger partial charge on any atom is -0.379 e. The van der Waals surface area contributed by atoms with E-state index in [9.17, 15) is 0 Å². The lowest BCUT2D eigenvalue weighted by Crippen LogP contribution is -2.00. The molecule has 1 rings (SSSR count). The Labute approximate surface area is 99.4 Å². The highest BCUT2D eigenvalue weighted by atomic mass is 79.9. The van der Waals surface area contributed by atoms with Gasteiger partial charge in [0.2, 0.25) is 0 Å². The molecule has 0 fully saturated rings. The fraction of sp³-hybridized carbons (Fsp3) is 0.111. The summed E-state index contributed by atoms with van der Waals surface area (Å²) in [6.45, 7) is 4.38. The van der Waals surface area contributed by atoms with Crippen LogP contribution in [-0.4, -0.2) is 6.54 Å². The number of hydrogen-bond acceptors (Lipinski definition) is 1. The molecule has 0 aliphatic heterocycles. The van der Waals surface area contributed by atoms with E-state index in [4.69, 9.17) is 11.6 Å². The van der Waals surface area contributed by atoms with Gasteiger partial charge in [0.25, 0.3) is 0 Å². The minimum absolute atomic E-state index is 0.663. The topological polar surface area (TPSA) is 12.0 Å². The number of benzene rings is 1. The summed E-state index contributed by atoms with van der Waals surface area (Å²) in [6, 6.07) is 5.67. The second-order valence-electron chi connectivity index (χ2n) is 2.49. The van der Waals surface area contributed by atoms with E-state index < -0.39 is 0 Å². The largest absolute Gasteiger partial charge is 0.379 e. The second-order valence-corrected chi connectivity index (χ2v) is 4.94. The molecule has 0 saturated carbocycles. The standard InChI is InChI=1S/C9H8Br2ClN/c1-6(10)5-13-9-4-7(11)2-3-8(9)12/h2-4,13H,1,5H2. The van der Waals surface area contributed by atoms with Gasteiger partial charge in [-0.15, -0.1) is 0 Å². The molecule has 0 saturated heterocycles. The SMILES string of the molecule is C=C(Br)CNc1cc(Br)ccc1Cl. The zero-order valence-electron chi connectivity index (χ0n) is 6.78. The average Bonchev–Trinajstić information content (AvgIpc) is 2.06. The summed E-state index contributed by atoms with van der Waals surface area (Å²) in [5, 5.41) is 3.85. The highest BCUT2D eigenvalue weighted by molar-refractivity contribution is 9.11. The molecule has 0 unspecified atom stereocenters. The van der Waals surface area contributed by atoms with Gasteiger partial charge in [-0.3, -0.25) is 0 Å². The molecule has 0 radical (unpaired) electrons. The molecule has 0 aliphatic rings. The Bertz CT molecular complexity index is 325. The third kappa shape index (κ3) is 3.71. The first-order chi connectivity index (χ1) is 6.09. The molecule has 0 atom stereocenters. The molecule has 70 valence electrons. The van der Waals surface area contributed by atoms with Crippen LogP contribution in [0.4, 0.5) is 5.69 Å². The highest BCUT2D eigenvalue weighted by Gasteiger charge is 1.99. The van der Waals surface area contributed by atoms with Crippen molar-refractivity contribution in [3.63, 3.8) is 0 Å². The molecule has 0 bridgehead atoms. The molecule has 1 nitrogen and oxygen atoms in total. The van der Waals surface area contributed by atoms with Crippen LogP contribution in [0.2, 0.25) is 5.02 Å². The first-order valence-electron chi connectivity index (χ1n) is 3.62. The number of nitrogens with one attached hydrogen (secondary N) is 1. The van der Waals surface area contributed by atoms with Gasteiger partial charge < -0.3 is 5.32 Å². The predicted octanol–water partition coefficient (Wildman–Crippen LogP) is 4.42. The Hall–Kier alpha value is 0.01000. The van der Waals surface area contributed by atoms with E-state index in [0.717, 1.165) is 14.6 Å². The van der Waals surface area contributed by atoms with Crippen molar-refractivity contribution in [3.05, 3.63) is 38.8 Å². The molecule has 1 aromatic rings. The maximum atomic E-state index is 5.95. The Morgan fingerprint density at radius 2 is 2.23 bits per heavy atom. The molecule has 13 heavy (non-hydrogen) atoms. The Kier molecular flexibility index (Phi) is 4.29. The van der Waals surface area contributed by atoms with Crippen LogP contribution in [0.25, 0.3) is 0 Å². The van der Waals surface area contributed by atoms with Crippen molar-refractivity contribution < 1.29 is 0 Å². The van der Waals surface area contributed by atoms with Gasteiger partial charge in [-0.2, -0.15) is 0 Å². The van der Waals surface area contributed by atoms with Crippen LogP contribution >= 0.6 is 43.5 Å². The normalized spacial score (nSPS) is 9.77. The van der Waals surface area contributed by atoms with Gasteiger partial charge in [0, 0.05) is 15.5 Å². The molecule has 4 heteroatoms. The lowest BCUT2D eigenvalue weighted by atomic mass is 10.3. The van der Waals surface area contributed by atoms with Gasteiger partial charge in [-0.25, -0.2) is 0 Å². The molecule has 1 aromatic carbocycles. The summed E-state index contributed by atoms with van der Waals surface area (Å²) in [5.41, 5.74) is 0.900. The number of anilines is 1. The Balaban J connectivity index is 2.75. The van der Waals surface area contributed by atoms with Crippen LogP contribution in [0.1, 0.15) is 0 Å². The van der Waals surface area contributed by atoms with E-state index in [1.807, 2.05) is 18.2 Å². The van der Waals surface area contributed by atoms with Crippen LogP contribution in [0.3, 0.4) is 0 Å². The van der Waals surface area contributed by atoms with E-state index in [-0.39, 0.29) is 0 Å². The van der Waals surface area contributed by atoms with E-state index in [0.29, 0.717) is 11.6 Å². The van der Waals surface area contributed by atoms with Crippen LogP contribution in [0.5, 0.6) is 0 Å². The van der Waals surface area contributed by atoms with Crippen LogP contribution in [0.15, 0.2) is 33.7 Å². The number of halogens is 3. The second kappa shape index (κ2) is 5.03. The van der Waals surface area contributed by atoms with Gasteiger partial charge in [-0.05, 0) is 18.2 Å². The summed E-state index contributed by atoms with van der Waals surface area (Å²) in [6.07, 6.45) is 0. The fourth-order valence-electron chi connectivity index (χ4n) is 0.824. The first-order valence-corrected chi connectivity index (χ1v) is 5.58. The molecular formula is C9H8Br2ClN. The Morgan fingerprint density at radius 3 is 2.85 bits per heavy atom. The van der Waals surface area contributed by atoms with Gasteiger partial charge in [-0.1, -0.05) is 50.0 Å². The van der Waals surface area contributed by atoms with Crippen molar-refractivity contribution in [3.8, 4) is 0 Å². The average molecular weight is 325 g/mol.